The predicted octanol–water partition coefficient (Wildman–Crippen LogP) is 3.59. The fraction of sp³-hybridized carbons (Fsp3) is 0.438. The molecular weight excluding hydrogens is 323 g/mol. The lowest BCUT2D eigenvalue weighted by atomic mass is 10.1. The molecule has 3 nitrogen and oxygen atoms in total. The van der Waals surface area contributed by atoms with Gasteiger partial charge in [-0.05, 0) is 44.5 Å². The van der Waals surface area contributed by atoms with Crippen LogP contribution in [0.2, 0.25) is 0 Å². The van der Waals surface area contributed by atoms with E-state index in [1.165, 1.54) is 17.4 Å². The highest BCUT2D eigenvalue weighted by atomic mass is 35.5. The van der Waals surface area contributed by atoms with E-state index in [9.17, 15) is 9.18 Å². The summed E-state index contributed by atoms with van der Waals surface area (Å²) >= 11 is 1.40. The van der Waals surface area contributed by atoms with Crippen molar-refractivity contribution in [3.63, 3.8) is 0 Å². The number of hydrogen-bond acceptors (Lipinski definition) is 3. The summed E-state index contributed by atoms with van der Waals surface area (Å²) in [6, 6.07) is 5.27. The lowest BCUT2D eigenvalue weighted by Crippen LogP contribution is -2.40. The fourth-order valence-electron chi connectivity index (χ4n) is 3.14. The monoisotopic (exact) mass is 342 g/mol. The zero-order chi connectivity index (χ0) is 15.0. The van der Waals surface area contributed by atoms with Gasteiger partial charge >= 0.3 is 0 Å². The molecule has 1 N–H and O–H groups in total. The zero-order valence-corrected chi connectivity index (χ0v) is 14.3. The second-order valence-electron chi connectivity index (χ2n) is 5.52. The van der Waals surface area contributed by atoms with Gasteiger partial charge in [-0.15, -0.1) is 23.7 Å². The van der Waals surface area contributed by atoms with Crippen LogP contribution in [-0.4, -0.2) is 37.0 Å². The van der Waals surface area contributed by atoms with Crippen molar-refractivity contribution < 1.29 is 9.18 Å². The molecule has 0 spiro atoms. The first-order valence-corrected chi connectivity index (χ1v) is 8.08. The normalized spacial score (nSPS) is 17.8. The molecule has 0 aliphatic carbocycles. The maximum Gasteiger partial charge on any atom is 0.264 e. The molecule has 0 radical (unpaired) electrons. The van der Waals surface area contributed by atoms with Crippen molar-refractivity contribution in [2.24, 2.45) is 0 Å². The highest BCUT2D eigenvalue weighted by Gasteiger charge is 2.31. The molecule has 1 fully saturated rings. The van der Waals surface area contributed by atoms with Gasteiger partial charge in [0.25, 0.3) is 5.91 Å². The third-order valence-corrected chi connectivity index (χ3v) is 5.42. The molecule has 120 valence electrons. The number of likely N-dealkylation sites (tertiary alicyclic amines) is 1. The van der Waals surface area contributed by atoms with Crippen molar-refractivity contribution in [2.45, 2.75) is 25.8 Å². The lowest BCUT2D eigenvalue weighted by Gasteiger charge is -2.24. The smallest absolute Gasteiger partial charge is 0.264 e. The minimum atomic E-state index is -0.242. The molecule has 1 atom stereocenters. The molecule has 6 heteroatoms. The number of benzene rings is 1. The number of likely N-dealkylation sites (N-methyl/N-ethyl adjacent to an activating group) is 1. The Hall–Kier alpha value is -1.17. The second kappa shape index (κ2) is 6.94. The molecule has 1 unspecified atom stereocenters. The van der Waals surface area contributed by atoms with Gasteiger partial charge < -0.3 is 10.2 Å². The molecule has 1 aliphatic heterocycles. The largest absolute Gasteiger partial charge is 0.334 e. The average molecular weight is 343 g/mol. The molecule has 1 saturated heterocycles. The van der Waals surface area contributed by atoms with Gasteiger partial charge in [0.15, 0.2) is 0 Å². The maximum atomic E-state index is 14.0. The summed E-state index contributed by atoms with van der Waals surface area (Å²) in [6.45, 7) is 3.45. The Bertz CT molecular complexity index is 688. The molecule has 1 amide bonds. The van der Waals surface area contributed by atoms with Gasteiger partial charge in [0.05, 0.1) is 4.88 Å². The summed E-state index contributed by atoms with van der Waals surface area (Å²) < 4.78 is 14.8. The first-order chi connectivity index (χ1) is 10.1. The fourth-order valence-corrected chi connectivity index (χ4v) is 4.32. The lowest BCUT2D eigenvalue weighted by molar-refractivity contribution is 0.0741. The van der Waals surface area contributed by atoms with E-state index in [0.717, 1.165) is 36.2 Å². The van der Waals surface area contributed by atoms with Crippen LogP contribution < -0.4 is 5.32 Å². The van der Waals surface area contributed by atoms with E-state index >= 15 is 0 Å². The van der Waals surface area contributed by atoms with Crippen molar-refractivity contribution >= 4 is 39.7 Å². The molecule has 22 heavy (non-hydrogen) atoms. The Morgan fingerprint density at radius 2 is 2.27 bits per heavy atom. The number of thiophene rings is 1. The van der Waals surface area contributed by atoms with Crippen molar-refractivity contribution in [3.05, 3.63) is 34.5 Å². The summed E-state index contributed by atoms with van der Waals surface area (Å²) in [5.41, 5.74) is 0.771. The van der Waals surface area contributed by atoms with Gasteiger partial charge in [-0.2, -0.15) is 0 Å². The number of aryl methyl sites for hydroxylation is 1. The highest BCUT2D eigenvalue weighted by molar-refractivity contribution is 7.21. The quantitative estimate of drug-likeness (QED) is 0.924. The summed E-state index contributed by atoms with van der Waals surface area (Å²) in [5.74, 6) is -0.195. The molecule has 0 bridgehead atoms. The van der Waals surface area contributed by atoms with Gasteiger partial charge in [-0.1, -0.05) is 6.07 Å². The number of fused-ring (bicyclic) bond motifs is 1. The zero-order valence-electron chi connectivity index (χ0n) is 12.7. The van der Waals surface area contributed by atoms with E-state index in [1.54, 1.807) is 6.07 Å². The molecule has 1 aromatic heterocycles. The van der Waals surface area contributed by atoms with E-state index < -0.39 is 0 Å². The minimum Gasteiger partial charge on any atom is -0.334 e. The standard InChI is InChI=1S/C16H19FN2OS.ClH/c1-10-14-12(17)6-3-7-13(14)21-15(10)16(20)19-8-4-5-11(19)9-18-2;/h3,6-7,11,18H,4-5,8-9H2,1-2H3;1H. The van der Waals surface area contributed by atoms with Gasteiger partial charge in [-0.25, -0.2) is 4.39 Å². The number of hydrogen-bond donors (Lipinski definition) is 1. The number of nitrogens with zero attached hydrogens (tertiary/aromatic N) is 1. The van der Waals surface area contributed by atoms with Crippen LogP contribution in [0.5, 0.6) is 0 Å². The van der Waals surface area contributed by atoms with Crippen LogP contribution in [0, 0.1) is 12.7 Å². The Kier molecular flexibility index (Phi) is 5.42. The Labute approximate surface area is 139 Å². The van der Waals surface area contributed by atoms with E-state index in [2.05, 4.69) is 5.32 Å². The summed E-state index contributed by atoms with van der Waals surface area (Å²) in [5, 5.41) is 3.74. The van der Waals surface area contributed by atoms with Gasteiger partial charge in [-0.3, -0.25) is 4.79 Å². The Morgan fingerprint density at radius 1 is 1.50 bits per heavy atom. The van der Waals surface area contributed by atoms with Crippen LogP contribution >= 0.6 is 23.7 Å². The van der Waals surface area contributed by atoms with Crippen LogP contribution in [0.4, 0.5) is 4.39 Å². The maximum absolute atomic E-state index is 14.0. The number of rotatable bonds is 3. The summed E-state index contributed by atoms with van der Waals surface area (Å²) in [7, 11) is 1.90. The van der Waals surface area contributed by atoms with Crippen LogP contribution in [0.3, 0.4) is 0 Å². The van der Waals surface area contributed by atoms with Crippen molar-refractivity contribution in [3.8, 4) is 0 Å². The minimum absolute atomic E-state index is 0. The van der Waals surface area contributed by atoms with Crippen molar-refractivity contribution in [1.82, 2.24) is 10.2 Å². The number of carbonyl (C=O) groups excluding carboxylic acids is 1. The van der Waals surface area contributed by atoms with Crippen LogP contribution in [0.1, 0.15) is 28.1 Å². The van der Waals surface area contributed by atoms with Crippen molar-refractivity contribution in [2.75, 3.05) is 20.1 Å². The van der Waals surface area contributed by atoms with Crippen LogP contribution in [-0.2, 0) is 0 Å². The second-order valence-corrected chi connectivity index (χ2v) is 6.57. The molecule has 1 aliphatic rings. The Morgan fingerprint density at radius 3 is 2.95 bits per heavy atom. The number of carbonyl (C=O) groups is 1. The molecule has 2 aromatic rings. The van der Waals surface area contributed by atoms with Crippen LogP contribution in [0.15, 0.2) is 18.2 Å². The third-order valence-electron chi connectivity index (χ3n) is 4.17. The number of nitrogens with one attached hydrogen (secondary N) is 1. The molecule has 2 heterocycles. The first-order valence-electron chi connectivity index (χ1n) is 7.26. The number of amides is 1. The summed E-state index contributed by atoms with van der Waals surface area (Å²) in [4.78, 5) is 15.4. The molecule has 1 aromatic carbocycles. The van der Waals surface area contributed by atoms with E-state index in [-0.39, 0.29) is 30.2 Å². The first kappa shape index (κ1) is 17.2. The SMILES string of the molecule is CNCC1CCCN1C(=O)c1sc2cccc(F)c2c1C.Cl. The third kappa shape index (κ3) is 2.85. The van der Waals surface area contributed by atoms with E-state index in [0.29, 0.717) is 10.3 Å². The van der Waals surface area contributed by atoms with E-state index in [1.807, 2.05) is 24.9 Å². The highest BCUT2D eigenvalue weighted by Crippen LogP contribution is 2.34. The average Bonchev–Trinajstić information content (AvgIpc) is 3.04. The molecule has 3 rings (SSSR count). The summed E-state index contributed by atoms with van der Waals surface area (Å²) in [6.07, 6.45) is 2.07. The predicted molar refractivity (Wildman–Crippen MR) is 91.8 cm³/mol. The van der Waals surface area contributed by atoms with Gasteiger partial charge in [0.1, 0.15) is 5.82 Å². The topological polar surface area (TPSA) is 32.3 Å². The molecular formula is C16H20ClFN2OS. The van der Waals surface area contributed by atoms with Crippen LogP contribution in [0.25, 0.3) is 10.1 Å². The van der Waals surface area contributed by atoms with Crippen molar-refractivity contribution in [1.29, 1.82) is 0 Å². The van der Waals surface area contributed by atoms with E-state index in [4.69, 9.17) is 0 Å². The van der Waals surface area contributed by atoms with Gasteiger partial charge in [0, 0.05) is 29.2 Å². The number of halogens is 2. The molecule has 0 saturated carbocycles. The Balaban J connectivity index is 0.00000176. The van der Waals surface area contributed by atoms with Gasteiger partial charge in [0.2, 0.25) is 0 Å².